The van der Waals surface area contributed by atoms with Crippen LogP contribution in [-0.2, 0) is 16.0 Å². The lowest BCUT2D eigenvalue weighted by atomic mass is 9.97. The van der Waals surface area contributed by atoms with Gasteiger partial charge in [0.2, 0.25) is 0 Å². The van der Waals surface area contributed by atoms with Crippen LogP contribution in [0.25, 0.3) is 0 Å². The fraction of sp³-hybridized carbons (Fsp3) is 0.417. The molecule has 0 radical (unpaired) electrons. The summed E-state index contributed by atoms with van der Waals surface area (Å²) in [4.78, 5) is 10.6. The molecule has 3 heteroatoms. The van der Waals surface area contributed by atoms with E-state index in [1.54, 1.807) is 7.11 Å². The second-order valence-electron chi connectivity index (χ2n) is 3.61. The summed E-state index contributed by atoms with van der Waals surface area (Å²) in [6.45, 7) is 0.487. The highest BCUT2D eigenvalue weighted by Gasteiger charge is 2.13. The van der Waals surface area contributed by atoms with E-state index in [2.05, 4.69) is 0 Å². The summed E-state index contributed by atoms with van der Waals surface area (Å²) in [6, 6.07) is 9.88. The summed E-state index contributed by atoms with van der Waals surface area (Å²) in [5, 5.41) is 8.73. The standard InChI is InChI=1S/C12H16O3/c1-15-9-11(8-12(13)14)7-10-5-3-2-4-6-10/h2-6,11H,7-9H2,1H3,(H,13,14). The first-order chi connectivity index (χ1) is 7.22. The molecule has 0 heterocycles. The number of rotatable bonds is 6. The average molecular weight is 208 g/mol. The zero-order valence-electron chi connectivity index (χ0n) is 8.85. The molecule has 0 saturated carbocycles. The Kier molecular flexibility index (Phi) is 4.84. The maximum atomic E-state index is 10.6. The van der Waals surface area contributed by atoms with Crippen LogP contribution in [0.15, 0.2) is 30.3 Å². The first-order valence-corrected chi connectivity index (χ1v) is 4.97. The molecule has 0 bridgehead atoms. The van der Waals surface area contributed by atoms with Crippen LogP contribution in [0, 0.1) is 5.92 Å². The molecule has 3 nitrogen and oxygen atoms in total. The van der Waals surface area contributed by atoms with E-state index in [9.17, 15) is 4.79 Å². The van der Waals surface area contributed by atoms with Crippen LogP contribution < -0.4 is 0 Å². The number of carbonyl (C=O) groups is 1. The summed E-state index contributed by atoms with van der Waals surface area (Å²) >= 11 is 0. The van der Waals surface area contributed by atoms with Gasteiger partial charge in [0, 0.05) is 13.7 Å². The molecule has 1 N–H and O–H groups in total. The topological polar surface area (TPSA) is 46.5 Å². The van der Waals surface area contributed by atoms with Crippen molar-refractivity contribution in [3.63, 3.8) is 0 Å². The molecule has 82 valence electrons. The Balaban J connectivity index is 2.54. The van der Waals surface area contributed by atoms with Gasteiger partial charge in [-0.3, -0.25) is 4.79 Å². The van der Waals surface area contributed by atoms with Gasteiger partial charge >= 0.3 is 5.97 Å². The lowest BCUT2D eigenvalue weighted by molar-refractivity contribution is -0.138. The number of aliphatic carboxylic acids is 1. The molecule has 0 aliphatic heterocycles. The molecule has 0 amide bonds. The van der Waals surface area contributed by atoms with Crippen LogP contribution in [0.4, 0.5) is 0 Å². The quantitative estimate of drug-likeness (QED) is 0.777. The first kappa shape index (κ1) is 11.7. The predicted molar refractivity (Wildman–Crippen MR) is 57.8 cm³/mol. The van der Waals surface area contributed by atoms with E-state index in [1.807, 2.05) is 30.3 Å². The molecule has 1 unspecified atom stereocenters. The average Bonchev–Trinajstić information content (AvgIpc) is 2.18. The number of benzene rings is 1. The van der Waals surface area contributed by atoms with Crippen molar-refractivity contribution in [2.24, 2.45) is 5.92 Å². The predicted octanol–water partition coefficient (Wildman–Crippen LogP) is 1.97. The maximum absolute atomic E-state index is 10.6. The number of carboxylic acid groups (broad SMARTS) is 1. The molecule has 1 rings (SSSR count). The molecule has 0 fully saturated rings. The first-order valence-electron chi connectivity index (χ1n) is 4.97. The molecule has 0 aliphatic rings. The number of ether oxygens (including phenoxy) is 1. The van der Waals surface area contributed by atoms with Crippen molar-refractivity contribution in [1.29, 1.82) is 0 Å². The van der Waals surface area contributed by atoms with E-state index in [-0.39, 0.29) is 12.3 Å². The molecule has 1 atom stereocenters. The van der Waals surface area contributed by atoms with Gasteiger partial charge in [-0.05, 0) is 17.9 Å². The normalized spacial score (nSPS) is 12.3. The third kappa shape index (κ3) is 4.61. The van der Waals surface area contributed by atoms with Crippen molar-refractivity contribution in [3.05, 3.63) is 35.9 Å². The molecule has 15 heavy (non-hydrogen) atoms. The fourth-order valence-electron chi connectivity index (χ4n) is 1.62. The Morgan fingerprint density at radius 2 is 2.07 bits per heavy atom. The Morgan fingerprint density at radius 3 is 2.60 bits per heavy atom. The summed E-state index contributed by atoms with van der Waals surface area (Å²) in [5.41, 5.74) is 1.15. The highest BCUT2D eigenvalue weighted by atomic mass is 16.5. The van der Waals surface area contributed by atoms with Crippen molar-refractivity contribution in [3.8, 4) is 0 Å². The Bertz CT molecular complexity index is 295. The molecule has 1 aromatic carbocycles. The highest BCUT2D eigenvalue weighted by Crippen LogP contribution is 2.12. The molecule has 0 saturated heterocycles. The molecule has 1 aromatic rings. The zero-order valence-corrected chi connectivity index (χ0v) is 8.85. The van der Waals surface area contributed by atoms with E-state index < -0.39 is 5.97 Å². The number of hydrogen-bond acceptors (Lipinski definition) is 2. The van der Waals surface area contributed by atoms with Gasteiger partial charge in [-0.15, -0.1) is 0 Å². The minimum Gasteiger partial charge on any atom is -0.481 e. The van der Waals surface area contributed by atoms with Crippen LogP contribution in [0.5, 0.6) is 0 Å². The number of carboxylic acids is 1. The summed E-state index contributed by atoms with van der Waals surface area (Å²) < 4.78 is 5.01. The maximum Gasteiger partial charge on any atom is 0.303 e. The van der Waals surface area contributed by atoms with E-state index in [0.29, 0.717) is 6.61 Å². The second-order valence-corrected chi connectivity index (χ2v) is 3.61. The van der Waals surface area contributed by atoms with Crippen molar-refractivity contribution < 1.29 is 14.6 Å². The van der Waals surface area contributed by atoms with E-state index in [0.717, 1.165) is 12.0 Å². The smallest absolute Gasteiger partial charge is 0.303 e. The van der Waals surface area contributed by atoms with Crippen LogP contribution in [-0.4, -0.2) is 24.8 Å². The largest absolute Gasteiger partial charge is 0.481 e. The second kappa shape index (κ2) is 6.19. The third-order valence-corrected chi connectivity index (χ3v) is 2.23. The lowest BCUT2D eigenvalue weighted by Gasteiger charge is -2.13. The van der Waals surface area contributed by atoms with Gasteiger partial charge < -0.3 is 9.84 Å². The van der Waals surface area contributed by atoms with E-state index in [1.165, 1.54) is 0 Å². The van der Waals surface area contributed by atoms with Crippen LogP contribution in [0.3, 0.4) is 0 Å². The zero-order chi connectivity index (χ0) is 11.1. The van der Waals surface area contributed by atoms with E-state index >= 15 is 0 Å². The van der Waals surface area contributed by atoms with E-state index in [4.69, 9.17) is 9.84 Å². The van der Waals surface area contributed by atoms with Crippen LogP contribution >= 0.6 is 0 Å². The monoisotopic (exact) mass is 208 g/mol. The van der Waals surface area contributed by atoms with Gasteiger partial charge in [0.1, 0.15) is 0 Å². The summed E-state index contributed by atoms with van der Waals surface area (Å²) in [6.07, 6.45) is 0.906. The van der Waals surface area contributed by atoms with Crippen LogP contribution in [0.2, 0.25) is 0 Å². The SMILES string of the molecule is COCC(CC(=O)O)Cc1ccccc1. The molecular formula is C12H16O3. The van der Waals surface area contributed by atoms with Crippen LogP contribution in [0.1, 0.15) is 12.0 Å². The Hall–Kier alpha value is -1.35. The van der Waals surface area contributed by atoms with Gasteiger partial charge in [-0.25, -0.2) is 0 Å². The third-order valence-electron chi connectivity index (χ3n) is 2.23. The van der Waals surface area contributed by atoms with Crippen molar-refractivity contribution >= 4 is 5.97 Å². The molecular weight excluding hydrogens is 192 g/mol. The fourth-order valence-corrected chi connectivity index (χ4v) is 1.62. The number of methoxy groups -OCH3 is 1. The van der Waals surface area contributed by atoms with Crippen molar-refractivity contribution in [1.82, 2.24) is 0 Å². The van der Waals surface area contributed by atoms with Gasteiger partial charge in [0.25, 0.3) is 0 Å². The Morgan fingerprint density at radius 1 is 1.40 bits per heavy atom. The van der Waals surface area contributed by atoms with Gasteiger partial charge in [-0.1, -0.05) is 30.3 Å². The van der Waals surface area contributed by atoms with Gasteiger partial charge in [0.15, 0.2) is 0 Å². The molecule has 0 spiro atoms. The molecule has 0 aromatic heterocycles. The lowest BCUT2D eigenvalue weighted by Crippen LogP contribution is -2.15. The van der Waals surface area contributed by atoms with Crippen molar-refractivity contribution in [2.45, 2.75) is 12.8 Å². The Labute approximate surface area is 89.7 Å². The van der Waals surface area contributed by atoms with Gasteiger partial charge in [-0.2, -0.15) is 0 Å². The number of hydrogen-bond donors (Lipinski definition) is 1. The van der Waals surface area contributed by atoms with Crippen molar-refractivity contribution in [2.75, 3.05) is 13.7 Å². The summed E-state index contributed by atoms with van der Waals surface area (Å²) in [5.74, 6) is -0.720. The molecule has 0 aliphatic carbocycles. The van der Waals surface area contributed by atoms with Gasteiger partial charge in [0.05, 0.1) is 6.42 Å². The highest BCUT2D eigenvalue weighted by molar-refractivity contribution is 5.67. The minimum atomic E-state index is -0.770. The summed E-state index contributed by atoms with van der Waals surface area (Å²) in [7, 11) is 1.60. The minimum absolute atomic E-state index is 0.0508.